The molecule has 2 aliphatic heterocycles. The Balaban J connectivity index is 1.03. The molecule has 220 valence electrons. The van der Waals surface area contributed by atoms with Gasteiger partial charge in [-0.2, -0.15) is 11.8 Å². The lowest BCUT2D eigenvalue weighted by molar-refractivity contribution is -0.0592. The van der Waals surface area contributed by atoms with Crippen molar-refractivity contribution < 1.29 is 23.8 Å². The average Bonchev–Trinajstić information content (AvgIpc) is 3.29. The highest BCUT2D eigenvalue weighted by atomic mass is 35.5. The first kappa shape index (κ1) is 28.9. The molecule has 0 saturated carbocycles. The van der Waals surface area contributed by atoms with Gasteiger partial charge < -0.3 is 19.1 Å². The predicted molar refractivity (Wildman–Crippen MR) is 161 cm³/mol. The standard InChI is InChI=1S/C31H32ClFN4O4S/c32-22-6-4-21(26(33)15-22)18-42-19-23-2-1-3-30(34-23)41-24-8-11-36(12-9-24)17-29-35-27-7-5-20(31(38)39)14-28(27)37(29)16-25-10-13-40-25/h1-7,14-15,24-25H,8-13,16-19H2,(H,38,39)/t25-/m0/s1. The van der Waals surface area contributed by atoms with Crippen molar-refractivity contribution in [1.29, 1.82) is 0 Å². The van der Waals surface area contributed by atoms with E-state index < -0.39 is 5.97 Å². The molecule has 4 heterocycles. The van der Waals surface area contributed by atoms with Crippen LogP contribution in [0.15, 0.2) is 54.6 Å². The van der Waals surface area contributed by atoms with Gasteiger partial charge in [-0.1, -0.05) is 23.7 Å². The number of aromatic carboxylic acids is 1. The predicted octanol–water partition coefficient (Wildman–Crippen LogP) is 6.19. The molecule has 1 atom stereocenters. The van der Waals surface area contributed by atoms with Crippen molar-refractivity contribution in [2.24, 2.45) is 0 Å². The van der Waals surface area contributed by atoms with Crippen LogP contribution in [-0.4, -0.2) is 62.4 Å². The number of carboxylic acid groups (broad SMARTS) is 1. The number of thioether (sulfide) groups is 1. The van der Waals surface area contributed by atoms with Crippen molar-refractivity contribution in [2.75, 3.05) is 19.7 Å². The zero-order valence-electron chi connectivity index (χ0n) is 23.0. The topological polar surface area (TPSA) is 89.7 Å². The average molecular weight is 611 g/mol. The van der Waals surface area contributed by atoms with Crippen LogP contribution >= 0.6 is 23.4 Å². The maximum absolute atomic E-state index is 14.1. The van der Waals surface area contributed by atoms with Gasteiger partial charge in [0.1, 0.15) is 17.7 Å². The second-order valence-corrected chi connectivity index (χ2v) is 12.1. The fourth-order valence-corrected chi connectivity index (χ4v) is 6.41. The van der Waals surface area contributed by atoms with E-state index in [2.05, 4.69) is 14.5 Å². The minimum Gasteiger partial charge on any atom is -0.478 e. The molecule has 1 N–H and O–H groups in total. The van der Waals surface area contributed by atoms with Crippen LogP contribution in [0.4, 0.5) is 4.39 Å². The summed E-state index contributed by atoms with van der Waals surface area (Å²) in [5.74, 6) is 1.49. The number of ether oxygens (including phenoxy) is 2. The summed E-state index contributed by atoms with van der Waals surface area (Å²) in [5, 5.41) is 9.89. The number of carbonyl (C=O) groups is 1. The molecule has 2 aromatic heterocycles. The lowest BCUT2D eigenvalue weighted by Gasteiger charge is -2.32. The number of pyridine rings is 1. The van der Waals surface area contributed by atoms with Gasteiger partial charge in [-0.05, 0) is 61.2 Å². The molecule has 42 heavy (non-hydrogen) atoms. The summed E-state index contributed by atoms with van der Waals surface area (Å²) in [6.07, 6.45) is 2.93. The smallest absolute Gasteiger partial charge is 0.335 e. The van der Waals surface area contributed by atoms with Crippen LogP contribution in [0.1, 0.15) is 46.7 Å². The van der Waals surface area contributed by atoms with E-state index in [1.54, 1.807) is 42.1 Å². The number of carboxylic acids is 1. The van der Waals surface area contributed by atoms with Crippen LogP contribution in [0.3, 0.4) is 0 Å². The zero-order chi connectivity index (χ0) is 29.1. The number of piperidine rings is 1. The molecule has 2 aliphatic rings. The van der Waals surface area contributed by atoms with Gasteiger partial charge in [0.25, 0.3) is 0 Å². The van der Waals surface area contributed by atoms with Crippen LogP contribution in [0.25, 0.3) is 11.0 Å². The van der Waals surface area contributed by atoms with E-state index in [0.29, 0.717) is 41.1 Å². The molecule has 2 saturated heterocycles. The second-order valence-electron chi connectivity index (χ2n) is 10.7. The minimum atomic E-state index is -0.944. The maximum Gasteiger partial charge on any atom is 0.335 e. The van der Waals surface area contributed by atoms with Crippen LogP contribution in [-0.2, 0) is 29.3 Å². The molecule has 0 bridgehead atoms. The van der Waals surface area contributed by atoms with Gasteiger partial charge in [0.05, 0.1) is 41.5 Å². The Hall–Kier alpha value is -3.18. The fourth-order valence-electron chi connectivity index (χ4n) is 5.33. The van der Waals surface area contributed by atoms with E-state index in [9.17, 15) is 14.3 Å². The summed E-state index contributed by atoms with van der Waals surface area (Å²) >= 11 is 7.45. The third-order valence-corrected chi connectivity index (χ3v) is 8.99. The largest absolute Gasteiger partial charge is 0.478 e. The molecule has 0 radical (unpaired) electrons. The summed E-state index contributed by atoms with van der Waals surface area (Å²) in [6, 6.07) is 15.7. The SMILES string of the molecule is O=C(O)c1ccc2nc(CN3CCC(Oc4cccc(CSCc5ccc(Cl)cc5F)n4)CC3)n(C[C@@H]3CCO3)c2c1. The van der Waals surface area contributed by atoms with Crippen molar-refractivity contribution >= 4 is 40.4 Å². The second kappa shape index (κ2) is 13.0. The summed E-state index contributed by atoms with van der Waals surface area (Å²) in [7, 11) is 0. The van der Waals surface area contributed by atoms with E-state index in [1.807, 2.05) is 18.2 Å². The quantitative estimate of drug-likeness (QED) is 0.215. The maximum atomic E-state index is 14.1. The van der Waals surface area contributed by atoms with Crippen molar-refractivity contribution in [2.45, 2.75) is 56.1 Å². The van der Waals surface area contributed by atoms with Crippen molar-refractivity contribution in [3.8, 4) is 5.88 Å². The van der Waals surface area contributed by atoms with Gasteiger partial charge in [-0.15, -0.1) is 0 Å². The molecule has 0 amide bonds. The molecule has 11 heteroatoms. The number of hydrogen-bond acceptors (Lipinski definition) is 7. The van der Waals surface area contributed by atoms with Gasteiger partial charge in [0.2, 0.25) is 5.88 Å². The minimum absolute atomic E-state index is 0.0696. The Labute approximate surface area is 252 Å². The first-order chi connectivity index (χ1) is 20.4. The van der Waals surface area contributed by atoms with Gasteiger partial charge in [-0.25, -0.2) is 19.2 Å². The number of likely N-dealkylation sites (tertiary alicyclic amines) is 1. The number of nitrogens with zero attached hydrogens (tertiary/aromatic N) is 4. The van der Waals surface area contributed by atoms with Gasteiger partial charge >= 0.3 is 5.97 Å². The van der Waals surface area contributed by atoms with E-state index in [-0.39, 0.29) is 23.6 Å². The summed E-state index contributed by atoms with van der Waals surface area (Å²) in [4.78, 5) is 23.5. The van der Waals surface area contributed by atoms with Crippen molar-refractivity contribution in [3.05, 3.63) is 88.1 Å². The Kier molecular flexibility index (Phi) is 8.95. The summed E-state index contributed by atoms with van der Waals surface area (Å²) < 4.78 is 28.1. The molecule has 6 rings (SSSR count). The highest BCUT2D eigenvalue weighted by molar-refractivity contribution is 7.97. The van der Waals surface area contributed by atoms with E-state index in [0.717, 1.165) is 61.5 Å². The third-order valence-electron chi connectivity index (χ3n) is 7.74. The Morgan fingerprint density at radius 3 is 2.67 bits per heavy atom. The first-order valence-electron chi connectivity index (χ1n) is 14.1. The summed E-state index contributed by atoms with van der Waals surface area (Å²) in [6.45, 7) is 3.83. The van der Waals surface area contributed by atoms with Gasteiger partial charge in [0, 0.05) is 42.3 Å². The Morgan fingerprint density at radius 1 is 1.10 bits per heavy atom. The highest BCUT2D eigenvalue weighted by Gasteiger charge is 2.26. The number of aromatic nitrogens is 3. The normalized spacial score (nSPS) is 17.8. The lowest BCUT2D eigenvalue weighted by Crippen LogP contribution is -2.39. The third kappa shape index (κ3) is 6.89. The Morgan fingerprint density at radius 2 is 1.93 bits per heavy atom. The van der Waals surface area contributed by atoms with Crippen LogP contribution in [0, 0.1) is 5.82 Å². The number of imidazole rings is 1. The lowest BCUT2D eigenvalue weighted by atomic mass is 10.1. The molecule has 4 aromatic rings. The highest BCUT2D eigenvalue weighted by Crippen LogP contribution is 2.26. The van der Waals surface area contributed by atoms with Crippen LogP contribution in [0.5, 0.6) is 5.88 Å². The van der Waals surface area contributed by atoms with Crippen LogP contribution < -0.4 is 4.74 Å². The van der Waals surface area contributed by atoms with Gasteiger partial charge in [-0.3, -0.25) is 4.90 Å². The van der Waals surface area contributed by atoms with Crippen LogP contribution in [0.2, 0.25) is 5.02 Å². The van der Waals surface area contributed by atoms with Crippen molar-refractivity contribution in [3.63, 3.8) is 0 Å². The number of halogens is 2. The number of hydrogen-bond donors (Lipinski definition) is 1. The molecular formula is C31H32ClFN4O4S. The number of rotatable bonds is 11. The molecule has 0 spiro atoms. The first-order valence-corrected chi connectivity index (χ1v) is 15.7. The Bertz CT molecular complexity index is 1570. The number of fused-ring (bicyclic) bond motifs is 1. The van der Waals surface area contributed by atoms with E-state index in [1.165, 1.54) is 6.07 Å². The van der Waals surface area contributed by atoms with Gasteiger partial charge in [0.15, 0.2) is 0 Å². The molecule has 2 fully saturated rings. The summed E-state index contributed by atoms with van der Waals surface area (Å²) in [5.41, 5.74) is 3.41. The number of benzene rings is 2. The molecule has 2 aromatic carbocycles. The molecule has 8 nitrogen and oxygen atoms in total. The molecule has 0 unspecified atom stereocenters. The molecular weight excluding hydrogens is 579 g/mol. The fraction of sp³-hybridized carbons (Fsp3) is 0.387. The molecule has 0 aliphatic carbocycles. The monoisotopic (exact) mass is 610 g/mol. The van der Waals surface area contributed by atoms with Crippen molar-refractivity contribution in [1.82, 2.24) is 19.4 Å². The zero-order valence-corrected chi connectivity index (χ0v) is 24.6. The van der Waals surface area contributed by atoms with E-state index in [4.69, 9.17) is 26.1 Å². The van der Waals surface area contributed by atoms with E-state index >= 15 is 0 Å².